The van der Waals surface area contributed by atoms with Crippen LogP contribution in [0.1, 0.15) is 21.5 Å². The van der Waals surface area contributed by atoms with Crippen LogP contribution < -0.4 is 0 Å². The van der Waals surface area contributed by atoms with E-state index in [0.717, 1.165) is 11.1 Å². The van der Waals surface area contributed by atoms with Crippen LogP contribution in [0.15, 0.2) is 24.8 Å². The summed E-state index contributed by atoms with van der Waals surface area (Å²) in [6.45, 7) is 7.15. The molecule has 2 nitrogen and oxygen atoms in total. The molecule has 0 bridgehead atoms. The molecule has 0 atom stereocenters. The molecular formula is C11H12O2. The Hall–Kier alpha value is -1.57. The zero-order valence-electron chi connectivity index (χ0n) is 7.79. The summed E-state index contributed by atoms with van der Waals surface area (Å²) in [6, 6.07) is 3.26. The Labute approximate surface area is 77.5 Å². The molecule has 0 radical (unpaired) electrons. The van der Waals surface area contributed by atoms with E-state index in [1.54, 1.807) is 12.1 Å². The lowest BCUT2D eigenvalue weighted by atomic mass is 10.0. The molecule has 68 valence electrons. The Morgan fingerprint density at radius 2 is 1.92 bits per heavy atom. The van der Waals surface area contributed by atoms with E-state index in [1.807, 2.05) is 13.8 Å². The minimum Gasteiger partial charge on any atom is -0.507 e. The third-order valence-corrected chi connectivity index (χ3v) is 2.06. The normalized spacial score (nSPS) is 9.69. The van der Waals surface area contributed by atoms with Gasteiger partial charge in [-0.3, -0.25) is 4.79 Å². The van der Waals surface area contributed by atoms with Crippen LogP contribution in [0.4, 0.5) is 0 Å². The average molecular weight is 176 g/mol. The van der Waals surface area contributed by atoms with Crippen LogP contribution >= 0.6 is 0 Å². The summed E-state index contributed by atoms with van der Waals surface area (Å²) in [5.41, 5.74) is 2.28. The predicted octanol–water partition coefficient (Wildman–Crippen LogP) is 2.38. The molecule has 0 saturated carbocycles. The van der Waals surface area contributed by atoms with E-state index in [2.05, 4.69) is 6.58 Å². The fourth-order valence-electron chi connectivity index (χ4n) is 1.11. The molecular weight excluding hydrogens is 164 g/mol. The lowest BCUT2D eigenvalue weighted by Gasteiger charge is -2.05. The molecule has 0 aliphatic heterocycles. The molecule has 0 saturated heterocycles. The predicted molar refractivity (Wildman–Crippen MR) is 52.1 cm³/mol. The van der Waals surface area contributed by atoms with Crippen LogP contribution in [0.3, 0.4) is 0 Å². The van der Waals surface area contributed by atoms with Crippen molar-refractivity contribution in [2.75, 3.05) is 0 Å². The summed E-state index contributed by atoms with van der Waals surface area (Å²) in [6.07, 6.45) is 1.20. The summed E-state index contributed by atoms with van der Waals surface area (Å²) in [7, 11) is 0. The third kappa shape index (κ3) is 1.78. The first-order chi connectivity index (χ1) is 6.06. The molecule has 1 N–H and O–H groups in total. The molecule has 0 aromatic heterocycles. The van der Waals surface area contributed by atoms with Gasteiger partial charge in [0, 0.05) is 0 Å². The van der Waals surface area contributed by atoms with Crippen molar-refractivity contribution >= 4 is 5.78 Å². The zero-order valence-corrected chi connectivity index (χ0v) is 7.79. The highest BCUT2D eigenvalue weighted by molar-refractivity contribution is 6.06. The standard InChI is InChI=1S/C11H12O2/c1-4-10(12)9-5-7(2)8(3)6-11(9)13/h4-6,13H,1H2,2-3H3. The minimum atomic E-state index is -0.249. The number of aromatic hydroxyl groups is 1. The maximum absolute atomic E-state index is 11.2. The van der Waals surface area contributed by atoms with E-state index >= 15 is 0 Å². The highest BCUT2D eigenvalue weighted by atomic mass is 16.3. The Balaban J connectivity index is 3.31. The molecule has 0 heterocycles. The van der Waals surface area contributed by atoms with Gasteiger partial charge in [0.15, 0.2) is 5.78 Å². The number of allylic oxidation sites excluding steroid dienone is 1. The molecule has 0 aliphatic carbocycles. The number of hydrogen-bond donors (Lipinski definition) is 1. The number of benzene rings is 1. The number of carbonyl (C=O) groups excluding carboxylic acids is 1. The first kappa shape index (κ1) is 9.52. The summed E-state index contributed by atoms with van der Waals surface area (Å²) in [5, 5.41) is 9.45. The van der Waals surface area contributed by atoms with Crippen molar-refractivity contribution < 1.29 is 9.90 Å². The molecule has 1 aromatic rings. The summed E-state index contributed by atoms with van der Waals surface area (Å²) in [5.74, 6) is -0.228. The lowest BCUT2D eigenvalue weighted by molar-refractivity contribution is 0.104. The maximum atomic E-state index is 11.2. The Morgan fingerprint density at radius 3 is 2.46 bits per heavy atom. The minimum absolute atomic E-state index is 0.0213. The van der Waals surface area contributed by atoms with Crippen molar-refractivity contribution in [2.45, 2.75) is 13.8 Å². The smallest absolute Gasteiger partial charge is 0.188 e. The van der Waals surface area contributed by atoms with Crippen molar-refractivity contribution in [3.05, 3.63) is 41.5 Å². The quantitative estimate of drug-likeness (QED) is 0.555. The second kappa shape index (κ2) is 3.44. The van der Waals surface area contributed by atoms with Crippen molar-refractivity contribution in [1.29, 1.82) is 0 Å². The molecule has 0 unspecified atom stereocenters. The van der Waals surface area contributed by atoms with Crippen LogP contribution in [-0.4, -0.2) is 10.9 Å². The largest absolute Gasteiger partial charge is 0.507 e. The fourth-order valence-corrected chi connectivity index (χ4v) is 1.11. The first-order valence-corrected chi connectivity index (χ1v) is 4.03. The van der Waals surface area contributed by atoms with Gasteiger partial charge in [0.1, 0.15) is 5.75 Å². The van der Waals surface area contributed by atoms with Gasteiger partial charge in [-0.05, 0) is 43.2 Å². The zero-order chi connectivity index (χ0) is 10.0. The molecule has 0 amide bonds. The van der Waals surface area contributed by atoms with Crippen LogP contribution in [0.5, 0.6) is 5.75 Å². The lowest BCUT2D eigenvalue weighted by Crippen LogP contribution is -1.96. The van der Waals surface area contributed by atoms with E-state index in [1.165, 1.54) is 6.08 Å². The Morgan fingerprint density at radius 1 is 1.38 bits per heavy atom. The molecule has 0 aliphatic rings. The molecule has 1 aromatic carbocycles. The fraction of sp³-hybridized carbons (Fsp3) is 0.182. The summed E-state index contributed by atoms with van der Waals surface area (Å²) in [4.78, 5) is 11.2. The van der Waals surface area contributed by atoms with E-state index < -0.39 is 0 Å². The molecule has 0 fully saturated rings. The number of ketones is 1. The van der Waals surface area contributed by atoms with Gasteiger partial charge in [0.2, 0.25) is 0 Å². The molecule has 1 rings (SSSR count). The van der Waals surface area contributed by atoms with Gasteiger partial charge in [0.25, 0.3) is 0 Å². The summed E-state index contributed by atoms with van der Waals surface area (Å²) < 4.78 is 0. The average Bonchev–Trinajstić information content (AvgIpc) is 2.10. The van der Waals surface area contributed by atoms with E-state index in [4.69, 9.17) is 0 Å². The van der Waals surface area contributed by atoms with Crippen LogP contribution in [0, 0.1) is 13.8 Å². The van der Waals surface area contributed by atoms with Crippen LogP contribution in [-0.2, 0) is 0 Å². The number of aryl methyl sites for hydroxylation is 2. The van der Waals surface area contributed by atoms with E-state index in [0.29, 0.717) is 5.56 Å². The van der Waals surface area contributed by atoms with Gasteiger partial charge < -0.3 is 5.11 Å². The van der Waals surface area contributed by atoms with Gasteiger partial charge in [-0.25, -0.2) is 0 Å². The van der Waals surface area contributed by atoms with Crippen LogP contribution in [0.25, 0.3) is 0 Å². The number of phenols is 1. The van der Waals surface area contributed by atoms with Gasteiger partial charge in [-0.15, -0.1) is 0 Å². The van der Waals surface area contributed by atoms with Gasteiger partial charge in [0.05, 0.1) is 5.56 Å². The van der Waals surface area contributed by atoms with Crippen molar-refractivity contribution in [1.82, 2.24) is 0 Å². The highest BCUT2D eigenvalue weighted by Gasteiger charge is 2.08. The van der Waals surface area contributed by atoms with Crippen molar-refractivity contribution in [3.8, 4) is 5.75 Å². The number of rotatable bonds is 2. The Kier molecular flexibility index (Phi) is 2.52. The number of hydrogen-bond acceptors (Lipinski definition) is 2. The molecule has 0 spiro atoms. The van der Waals surface area contributed by atoms with Crippen molar-refractivity contribution in [3.63, 3.8) is 0 Å². The topological polar surface area (TPSA) is 37.3 Å². The second-order valence-electron chi connectivity index (χ2n) is 3.02. The van der Waals surface area contributed by atoms with Crippen LogP contribution in [0.2, 0.25) is 0 Å². The van der Waals surface area contributed by atoms with Gasteiger partial charge in [-0.2, -0.15) is 0 Å². The summed E-state index contributed by atoms with van der Waals surface area (Å²) >= 11 is 0. The monoisotopic (exact) mass is 176 g/mol. The SMILES string of the molecule is C=CC(=O)c1cc(C)c(C)cc1O. The van der Waals surface area contributed by atoms with Crippen molar-refractivity contribution in [2.24, 2.45) is 0 Å². The molecule has 2 heteroatoms. The first-order valence-electron chi connectivity index (χ1n) is 4.03. The van der Waals surface area contributed by atoms with Gasteiger partial charge >= 0.3 is 0 Å². The number of phenolic OH excluding ortho intramolecular Hbond substituents is 1. The third-order valence-electron chi connectivity index (χ3n) is 2.06. The Bertz CT molecular complexity index is 365. The second-order valence-corrected chi connectivity index (χ2v) is 3.02. The van der Waals surface area contributed by atoms with E-state index in [-0.39, 0.29) is 11.5 Å². The van der Waals surface area contributed by atoms with Gasteiger partial charge in [-0.1, -0.05) is 6.58 Å². The number of carbonyl (C=O) groups is 1. The van der Waals surface area contributed by atoms with E-state index in [9.17, 15) is 9.90 Å². The maximum Gasteiger partial charge on any atom is 0.188 e. The molecule has 13 heavy (non-hydrogen) atoms. The highest BCUT2D eigenvalue weighted by Crippen LogP contribution is 2.22.